The van der Waals surface area contributed by atoms with Crippen molar-refractivity contribution in [3.05, 3.63) is 113 Å². The summed E-state index contributed by atoms with van der Waals surface area (Å²) in [7, 11) is 0. The molecule has 1 amide bonds. The van der Waals surface area contributed by atoms with Crippen LogP contribution in [0.1, 0.15) is 32.6 Å². The summed E-state index contributed by atoms with van der Waals surface area (Å²) in [6.45, 7) is 6.49. The molecule has 38 heavy (non-hydrogen) atoms. The highest BCUT2D eigenvalue weighted by molar-refractivity contribution is 7.80. The lowest BCUT2D eigenvalue weighted by atomic mass is 10.1. The maximum Gasteiger partial charge on any atom is 0.257 e. The van der Waals surface area contributed by atoms with Crippen LogP contribution < -0.4 is 15.4 Å². The smallest absolute Gasteiger partial charge is 0.257 e. The van der Waals surface area contributed by atoms with Crippen LogP contribution >= 0.6 is 12.2 Å². The molecule has 0 saturated carbocycles. The third-order valence-corrected chi connectivity index (χ3v) is 6.59. The van der Waals surface area contributed by atoms with E-state index in [1.165, 1.54) is 5.56 Å². The molecule has 4 aromatic carbocycles. The first-order chi connectivity index (χ1) is 18.4. The molecule has 1 heterocycles. The molecule has 0 unspecified atom stereocenters. The third-order valence-electron chi connectivity index (χ3n) is 6.39. The number of nitrogens with zero attached hydrogens (tertiary/aromatic N) is 1. The quantitative estimate of drug-likeness (QED) is 0.232. The zero-order chi connectivity index (χ0) is 26.6. The molecule has 190 valence electrons. The highest BCUT2D eigenvalue weighted by Crippen LogP contribution is 2.31. The molecule has 0 saturated heterocycles. The number of rotatable bonds is 6. The lowest BCUT2D eigenvalue weighted by molar-refractivity contribution is 0.0977. The van der Waals surface area contributed by atoms with E-state index in [2.05, 4.69) is 29.5 Å². The number of fused-ring (bicyclic) bond motifs is 1. The van der Waals surface area contributed by atoms with E-state index in [1.54, 1.807) is 18.2 Å². The van der Waals surface area contributed by atoms with Gasteiger partial charge in [-0.1, -0.05) is 42.5 Å². The molecule has 0 spiro atoms. The van der Waals surface area contributed by atoms with Gasteiger partial charge < -0.3 is 14.5 Å². The van der Waals surface area contributed by atoms with Gasteiger partial charge in [-0.25, -0.2) is 4.98 Å². The van der Waals surface area contributed by atoms with Gasteiger partial charge in [0.15, 0.2) is 10.7 Å². The second-order valence-corrected chi connectivity index (χ2v) is 9.52. The van der Waals surface area contributed by atoms with Gasteiger partial charge in [-0.15, -0.1) is 0 Å². The SMILES string of the molecule is Cc1cc2nc(-c3cccc(NC(=S)NC(=O)c4cccc(OCc5ccccc5)c4)c3C)oc2cc1C. The van der Waals surface area contributed by atoms with E-state index in [0.717, 1.165) is 39.0 Å². The van der Waals surface area contributed by atoms with Crippen LogP contribution in [0.5, 0.6) is 5.75 Å². The van der Waals surface area contributed by atoms with Gasteiger partial charge in [-0.2, -0.15) is 0 Å². The van der Waals surface area contributed by atoms with Gasteiger partial charge in [0, 0.05) is 16.8 Å². The minimum Gasteiger partial charge on any atom is -0.489 e. The molecule has 0 fully saturated rings. The summed E-state index contributed by atoms with van der Waals surface area (Å²) in [6.07, 6.45) is 0. The van der Waals surface area contributed by atoms with Crippen molar-refractivity contribution in [2.24, 2.45) is 0 Å². The van der Waals surface area contributed by atoms with Crippen molar-refractivity contribution in [3.8, 4) is 17.2 Å². The second kappa shape index (κ2) is 10.9. The predicted molar refractivity (Wildman–Crippen MR) is 155 cm³/mol. The number of benzene rings is 4. The number of hydrogen-bond acceptors (Lipinski definition) is 5. The fraction of sp³-hybridized carbons (Fsp3) is 0.129. The minimum absolute atomic E-state index is 0.190. The molecular weight excluding hydrogens is 494 g/mol. The first-order valence-corrected chi connectivity index (χ1v) is 12.6. The molecule has 0 aliphatic rings. The van der Waals surface area contributed by atoms with Crippen LogP contribution in [0.15, 0.2) is 89.3 Å². The monoisotopic (exact) mass is 521 g/mol. The molecule has 0 radical (unpaired) electrons. The van der Waals surface area contributed by atoms with Crippen molar-refractivity contribution in [2.75, 3.05) is 5.32 Å². The van der Waals surface area contributed by atoms with E-state index in [9.17, 15) is 4.79 Å². The Morgan fingerprint density at radius 3 is 2.50 bits per heavy atom. The lowest BCUT2D eigenvalue weighted by Crippen LogP contribution is -2.34. The summed E-state index contributed by atoms with van der Waals surface area (Å²) in [6, 6.07) is 26.7. The average molecular weight is 522 g/mol. The Bertz CT molecular complexity index is 1600. The summed E-state index contributed by atoms with van der Waals surface area (Å²) >= 11 is 5.45. The first-order valence-electron chi connectivity index (χ1n) is 12.2. The van der Waals surface area contributed by atoms with Gasteiger partial charge in [0.1, 0.15) is 17.9 Å². The highest BCUT2D eigenvalue weighted by atomic mass is 32.1. The van der Waals surface area contributed by atoms with E-state index in [4.69, 9.17) is 21.4 Å². The number of aromatic nitrogens is 1. The summed E-state index contributed by atoms with van der Waals surface area (Å²) in [4.78, 5) is 17.6. The first kappa shape index (κ1) is 25.2. The predicted octanol–water partition coefficient (Wildman–Crippen LogP) is 7.13. The van der Waals surface area contributed by atoms with E-state index in [1.807, 2.05) is 73.7 Å². The van der Waals surface area contributed by atoms with Crippen LogP contribution in [0.2, 0.25) is 0 Å². The highest BCUT2D eigenvalue weighted by Gasteiger charge is 2.15. The van der Waals surface area contributed by atoms with E-state index in [0.29, 0.717) is 23.8 Å². The second-order valence-electron chi connectivity index (χ2n) is 9.11. The number of oxazole rings is 1. The number of carbonyl (C=O) groups excluding carboxylic acids is 1. The van der Waals surface area contributed by atoms with E-state index < -0.39 is 0 Å². The van der Waals surface area contributed by atoms with E-state index >= 15 is 0 Å². The molecule has 0 aliphatic heterocycles. The molecule has 0 bridgehead atoms. The zero-order valence-corrected chi connectivity index (χ0v) is 22.2. The van der Waals surface area contributed by atoms with Gasteiger partial charge in [0.25, 0.3) is 5.91 Å². The van der Waals surface area contributed by atoms with Gasteiger partial charge in [-0.05, 0) is 97.7 Å². The fourth-order valence-corrected chi connectivity index (χ4v) is 4.30. The van der Waals surface area contributed by atoms with Crippen LogP contribution in [0.3, 0.4) is 0 Å². The summed E-state index contributed by atoms with van der Waals surface area (Å²) < 4.78 is 11.9. The number of carbonyl (C=O) groups is 1. The number of amides is 1. The van der Waals surface area contributed by atoms with Crippen LogP contribution in [0.25, 0.3) is 22.6 Å². The maximum atomic E-state index is 12.9. The number of nitrogens with one attached hydrogen (secondary N) is 2. The normalized spacial score (nSPS) is 10.8. The molecule has 7 heteroatoms. The number of ether oxygens (including phenoxy) is 1. The molecule has 1 aromatic heterocycles. The molecule has 2 N–H and O–H groups in total. The Labute approximate surface area is 226 Å². The number of anilines is 1. The van der Waals surface area contributed by atoms with Gasteiger partial charge in [0.2, 0.25) is 5.89 Å². The Hall–Kier alpha value is -4.49. The summed E-state index contributed by atoms with van der Waals surface area (Å²) in [5.41, 5.74) is 7.88. The Kier molecular flexibility index (Phi) is 7.20. The minimum atomic E-state index is -0.328. The molecule has 0 aliphatic carbocycles. The third kappa shape index (κ3) is 5.58. The largest absolute Gasteiger partial charge is 0.489 e. The molecule has 5 aromatic rings. The summed E-state index contributed by atoms with van der Waals surface area (Å²) in [5, 5.41) is 6.08. The van der Waals surface area contributed by atoms with Crippen molar-refractivity contribution in [1.29, 1.82) is 0 Å². The van der Waals surface area contributed by atoms with Crippen LogP contribution in [-0.2, 0) is 6.61 Å². The van der Waals surface area contributed by atoms with Gasteiger partial charge in [0.05, 0.1) is 0 Å². The summed E-state index contributed by atoms with van der Waals surface area (Å²) in [5.74, 6) is 0.812. The van der Waals surface area contributed by atoms with Crippen molar-refractivity contribution in [3.63, 3.8) is 0 Å². The number of thiocarbonyl (C=S) groups is 1. The fourth-order valence-electron chi connectivity index (χ4n) is 4.09. The maximum absolute atomic E-state index is 12.9. The van der Waals surface area contributed by atoms with Crippen molar-refractivity contribution < 1.29 is 13.9 Å². The number of hydrogen-bond donors (Lipinski definition) is 2. The molecule has 5 rings (SSSR count). The van der Waals surface area contributed by atoms with E-state index in [-0.39, 0.29) is 11.0 Å². The number of aryl methyl sites for hydroxylation is 2. The topological polar surface area (TPSA) is 76.4 Å². The molecule has 0 atom stereocenters. The Morgan fingerprint density at radius 2 is 1.68 bits per heavy atom. The van der Waals surface area contributed by atoms with Crippen molar-refractivity contribution in [2.45, 2.75) is 27.4 Å². The van der Waals surface area contributed by atoms with Crippen LogP contribution in [0.4, 0.5) is 5.69 Å². The Morgan fingerprint density at radius 1 is 0.921 bits per heavy atom. The average Bonchev–Trinajstić information content (AvgIpc) is 3.32. The molecular formula is C31H27N3O3S. The Balaban J connectivity index is 1.26. The molecule has 6 nitrogen and oxygen atoms in total. The van der Waals surface area contributed by atoms with Gasteiger partial charge in [-0.3, -0.25) is 10.1 Å². The van der Waals surface area contributed by atoms with Crippen LogP contribution in [-0.4, -0.2) is 16.0 Å². The standard InChI is InChI=1S/C31H27N3O3S/c1-19-15-27-28(16-20(19)2)37-30(32-27)25-13-8-14-26(21(25)3)33-31(38)34-29(35)23-11-7-12-24(17-23)36-18-22-9-5-4-6-10-22/h4-17H,18H2,1-3H3,(H2,33,34,35,38). The van der Waals surface area contributed by atoms with Gasteiger partial charge >= 0.3 is 0 Å². The van der Waals surface area contributed by atoms with Crippen molar-refractivity contribution in [1.82, 2.24) is 10.3 Å². The van der Waals surface area contributed by atoms with Crippen LogP contribution in [0, 0.1) is 20.8 Å². The van der Waals surface area contributed by atoms with Crippen molar-refractivity contribution >= 4 is 40.0 Å². The zero-order valence-electron chi connectivity index (χ0n) is 21.4. The lowest BCUT2D eigenvalue weighted by Gasteiger charge is -2.14.